The molecule has 0 fully saturated rings. The van der Waals surface area contributed by atoms with Crippen molar-refractivity contribution in [2.24, 2.45) is 4.99 Å². The lowest BCUT2D eigenvalue weighted by atomic mass is 10.1. The van der Waals surface area contributed by atoms with Crippen molar-refractivity contribution in [1.29, 1.82) is 0 Å². The molecule has 1 aromatic carbocycles. The Kier molecular flexibility index (Phi) is 9.26. The number of aliphatic imine (C=N–C) groups is 1. The number of nitrogens with one attached hydrogen (secondary N) is 2. The van der Waals surface area contributed by atoms with Crippen LogP contribution < -0.4 is 10.6 Å². The quantitative estimate of drug-likeness (QED) is 0.306. The van der Waals surface area contributed by atoms with Gasteiger partial charge in [-0.15, -0.1) is 30.6 Å². The van der Waals surface area contributed by atoms with E-state index >= 15 is 0 Å². The molecule has 0 aromatic heterocycles. The van der Waals surface area contributed by atoms with Crippen molar-refractivity contribution in [2.75, 3.05) is 19.8 Å². The van der Waals surface area contributed by atoms with Gasteiger partial charge >= 0.3 is 0 Å². The van der Waals surface area contributed by atoms with Gasteiger partial charge in [0, 0.05) is 26.4 Å². The average molecular weight is 441 g/mol. The maximum absolute atomic E-state index is 13.4. The number of rotatable bonds is 6. The average Bonchev–Trinajstić information content (AvgIpc) is 2.40. The topological polar surface area (TPSA) is 70.6 Å². The molecule has 0 saturated heterocycles. The van der Waals surface area contributed by atoms with Crippen molar-refractivity contribution in [3.05, 3.63) is 47.8 Å². The molecule has 8 heteroatoms. The molecule has 0 unspecified atom stereocenters. The molecule has 1 aromatic rings. The molecule has 0 heterocycles. The molecular formula is C14H21FIN3O2S. The lowest BCUT2D eigenvalue weighted by molar-refractivity contribution is 0.599. The molecule has 2 N–H and O–H groups in total. The van der Waals surface area contributed by atoms with Gasteiger partial charge in [-0.25, -0.2) is 12.8 Å². The zero-order valence-corrected chi connectivity index (χ0v) is 15.7. The fourth-order valence-electron chi connectivity index (χ4n) is 1.75. The predicted octanol–water partition coefficient (Wildman–Crippen LogP) is 1.84. The van der Waals surface area contributed by atoms with Gasteiger partial charge in [-0.05, 0) is 23.3 Å². The Labute approximate surface area is 148 Å². The Bertz CT molecular complexity index is 633. The van der Waals surface area contributed by atoms with Gasteiger partial charge in [0.1, 0.15) is 5.82 Å². The fourth-order valence-corrected chi connectivity index (χ4v) is 2.60. The third-order valence-electron chi connectivity index (χ3n) is 2.67. The maximum atomic E-state index is 13.4. The summed E-state index contributed by atoms with van der Waals surface area (Å²) in [6.45, 7) is 4.41. The first kappa shape index (κ1) is 20.8. The van der Waals surface area contributed by atoms with E-state index in [1.165, 1.54) is 18.2 Å². The summed E-state index contributed by atoms with van der Waals surface area (Å²) in [4.78, 5) is 4.00. The second-order valence-corrected chi connectivity index (χ2v) is 6.72. The summed E-state index contributed by atoms with van der Waals surface area (Å²) in [6, 6.07) is 4.08. The van der Waals surface area contributed by atoms with Gasteiger partial charge in [0.25, 0.3) is 0 Å². The zero-order chi connectivity index (χ0) is 15.9. The highest BCUT2D eigenvalue weighted by Gasteiger charge is 2.11. The van der Waals surface area contributed by atoms with E-state index < -0.39 is 15.7 Å². The highest BCUT2D eigenvalue weighted by atomic mass is 127. The van der Waals surface area contributed by atoms with E-state index in [-0.39, 0.29) is 36.3 Å². The fraction of sp³-hybridized carbons (Fsp3) is 0.357. The molecule has 22 heavy (non-hydrogen) atoms. The second-order valence-electron chi connectivity index (χ2n) is 4.58. The number of benzene rings is 1. The molecule has 0 aliphatic heterocycles. The van der Waals surface area contributed by atoms with Gasteiger partial charge in [-0.3, -0.25) is 4.99 Å². The molecule has 0 aliphatic carbocycles. The summed E-state index contributed by atoms with van der Waals surface area (Å²) in [5, 5.41) is 5.98. The van der Waals surface area contributed by atoms with Gasteiger partial charge in [-0.2, -0.15) is 0 Å². The highest BCUT2D eigenvalue weighted by molar-refractivity contribution is 14.0. The lowest BCUT2D eigenvalue weighted by Gasteiger charge is -2.13. The molecule has 5 nitrogen and oxygen atoms in total. The number of sulfone groups is 1. The monoisotopic (exact) mass is 441 g/mol. The Morgan fingerprint density at radius 2 is 2.05 bits per heavy atom. The summed E-state index contributed by atoms with van der Waals surface area (Å²) in [5.74, 6) is 0.00532. The van der Waals surface area contributed by atoms with Gasteiger partial charge in [0.05, 0.1) is 5.75 Å². The van der Waals surface area contributed by atoms with Crippen LogP contribution in [0.25, 0.3) is 0 Å². The van der Waals surface area contributed by atoms with E-state index in [0.29, 0.717) is 23.6 Å². The molecular weight excluding hydrogens is 420 g/mol. The van der Waals surface area contributed by atoms with Crippen LogP contribution in [0.2, 0.25) is 0 Å². The summed E-state index contributed by atoms with van der Waals surface area (Å²) >= 11 is 0. The summed E-state index contributed by atoms with van der Waals surface area (Å²) < 4.78 is 36.2. The van der Waals surface area contributed by atoms with Crippen LogP contribution in [0.3, 0.4) is 0 Å². The standard InChI is InChI=1S/C14H20FN3O2S.HI/c1-4-7-17-14(16-2)18-9-12-8-13(15)6-5-11(12)10-21(3,19)20;/h4-6,8H,1,7,9-10H2,2-3H3,(H2,16,17,18);1H. The van der Waals surface area contributed by atoms with Crippen LogP contribution in [0.1, 0.15) is 11.1 Å². The number of hydrogen-bond donors (Lipinski definition) is 2. The Morgan fingerprint density at radius 3 is 2.59 bits per heavy atom. The van der Waals surface area contributed by atoms with Crippen LogP contribution in [0.5, 0.6) is 0 Å². The van der Waals surface area contributed by atoms with Crippen LogP contribution in [-0.2, 0) is 22.1 Å². The van der Waals surface area contributed by atoms with Crippen LogP contribution in [-0.4, -0.2) is 34.2 Å². The van der Waals surface area contributed by atoms with Crippen molar-refractivity contribution in [3.63, 3.8) is 0 Å². The highest BCUT2D eigenvalue weighted by Crippen LogP contribution is 2.14. The molecule has 0 spiro atoms. The molecule has 0 saturated carbocycles. The van der Waals surface area contributed by atoms with Crippen molar-refractivity contribution < 1.29 is 12.8 Å². The molecule has 0 aliphatic rings. The summed E-state index contributed by atoms with van der Waals surface area (Å²) in [5.41, 5.74) is 1.16. The third-order valence-corrected chi connectivity index (χ3v) is 3.51. The minimum atomic E-state index is -3.18. The van der Waals surface area contributed by atoms with E-state index in [1.807, 2.05) is 0 Å². The second kappa shape index (κ2) is 9.78. The maximum Gasteiger partial charge on any atom is 0.191 e. The lowest BCUT2D eigenvalue weighted by Crippen LogP contribution is -2.37. The number of halogens is 2. The Morgan fingerprint density at radius 1 is 1.36 bits per heavy atom. The van der Waals surface area contributed by atoms with Crippen LogP contribution in [0, 0.1) is 5.82 Å². The van der Waals surface area contributed by atoms with Crippen molar-refractivity contribution in [2.45, 2.75) is 12.3 Å². The summed E-state index contributed by atoms with van der Waals surface area (Å²) in [6.07, 6.45) is 2.84. The number of hydrogen-bond acceptors (Lipinski definition) is 3. The van der Waals surface area contributed by atoms with Crippen LogP contribution in [0.15, 0.2) is 35.8 Å². The van der Waals surface area contributed by atoms with Crippen molar-refractivity contribution in [3.8, 4) is 0 Å². The van der Waals surface area contributed by atoms with Crippen LogP contribution in [0.4, 0.5) is 4.39 Å². The third kappa shape index (κ3) is 7.74. The zero-order valence-electron chi connectivity index (χ0n) is 12.6. The largest absolute Gasteiger partial charge is 0.353 e. The molecule has 0 bridgehead atoms. The molecule has 124 valence electrons. The molecule has 0 radical (unpaired) electrons. The minimum absolute atomic E-state index is 0. The van der Waals surface area contributed by atoms with Gasteiger partial charge in [-0.1, -0.05) is 12.1 Å². The van der Waals surface area contributed by atoms with E-state index in [2.05, 4.69) is 22.2 Å². The smallest absolute Gasteiger partial charge is 0.191 e. The first-order valence-corrected chi connectivity index (χ1v) is 8.42. The van der Waals surface area contributed by atoms with Crippen LogP contribution >= 0.6 is 24.0 Å². The van der Waals surface area contributed by atoms with E-state index in [4.69, 9.17) is 0 Å². The number of nitrogens with zero attached hydrogens (tertiary/aromatic N) is 1. The molecule has 0 amide bonds. The van der Waals surface area contributed by atoms with E-state index in [1.54, 1.807) is 13.1 Å². The van der Waals surface area contributed by atoms with Gasteiger partial charge in [0.2, 0.25) is 0 Å². The van der Waals surface area contributed by atoms with E-state index in [9.17, 15) is 12.8 Å². The summed E-state index contributed by atoms with van der Waals surface area (Å²) in [7, 11) is -1.57. The normalized spacial score (nSPS) is 11.5. The Hall–Kier alpha value is -1.16. The van der Waals surface area contributed by atoms with Crippen molar-refractivity contribution in [1.82, 2.24) is 10.6 Å². The predicted molar refractivity (Wildman–Crippen MR) is 98.8 cm³/mol. The minimum Gasteiger partial charge on any atom is -0.353 e. The SMILES string of the molecule is C=CCNC(=NC)NCc1cc(F)ccc1CS(C)(=O)=O.I. The number of guanidine groups is 1. The van der Waals surface area contributed by atoms with E-state index in [0.717, 1.165) is 6.26 Å². The van der Waals surface area contributed by atoms with Gasteiger partial charge < -0.3 is 10.6 Å². The first-order chi connectivity index (χ1) is 9.85. The van der Waals surface area contributed by atoms with Gasteiger partial charge in [0.15, 0.2) is 15.8 Å². The first-order valence-electron chi connectivity index (χ1n) is 6.36. The van der Waals surface area contributed by atoms with Crippen molar-refractivity contribution >= 4 is 39.8 Å². The Balaban J connectivity index is 0.00000441. The molecule has 0 atom stereocenters. The molecule has 1 rings (SSSR count).